The second kappa shape index (κ2) is 9.70. The van der Waals surface area contributed by atoms with E-state index < -0.39 is 5.60 Å². The second-order valence-electron chi connectivity index (χ2n) is 10.1. The van der Waals surface area contributed by atoms with Crippen LogP contribution in [0.4, 0.5) is 4.79 Å². The van der Waals surface area contributed by atoms with Crippen LogP contribution in [-0.4, -0.2) is 64.7 Å². The first-order chi connectivity index (χ1) is 16.6. The highest BCUT2D eigenvalue weighted by molar-refractivity contribution is 5.95. The molecule has 1 aliphatic rings. The standard InChI is InChI=1S/C27H34N4O4/c1-17-9-10-31-22(15-20-16-30(11-12-34-20)26(33)35-27(3,4)5)24(29-23(31)13-17)21-8-7-19(14-18(21)2)25(32)28-6/h7-10,13-14,20H,11-12,15-16H2,1-6H3,(H,28,32). The molecule has 3 aromatic rings. The van der Waals surface area contributed by atoms with Crippen molar-refractivity contribution in [3.05, 3.63) is 58.9 Å². The van der Waals surface area contributed by atoms with Gasteiger partial charge in [-0.05, 0) is 70.0 Å². The molecule has 2 aromatic heterocycles. The molecule has 1 saturated heterocycles. The summed E-state index contributed by atoms with van der Waals surface area (Å²) in [5, 5.41) is 2.67. The summed E-state index contributed by atoms with van der Waals surface area (Å²) in [5.41, 5.74) is 5.83. The largest absolute Gasteiger partial charge is 0.444 e. The quantitative estimate of drug-likeness (QED) is 0.609. The zero-order valence-electron chi connectivity index (χ0n) is 21.3. The van der Waals surface area contributed by atoms with E-state index in [1.807, 2.05) is 59.0 Å². The van der Waals surface area contributed by atoms with Crippen LogP contribution in [0.25, 0.3) is 16.9 Å². The number of morpholine rings is 1. The molecule has 1 fully saturated rings. The number of aryl methyl sites for hydroxylation is 2. The number of carbonyl (C=O) groups is 2. The maximum atomic E-state index is 12.7. The van der Waals surface area contributed by atoms with Gasteiger partial charge in [0.1, 0.15) is 11.2 Å². The van der Waals surface area contributed by atoms with Crippen LogP contribution in [-0.2, 0) is 15.9 Å². The minimum atomic E-state index is -0.546. The molecule has 0 radical (unpaired) electrons. The molecule has 186 valence electrons. The fourth-order valence-electron chi connectivity index (χ4n) is 4.37. The molecule has 0 spiro atoms. The highest BCUT2D eigenvalue weighted by atomic mass is 16.6. The SMILES string of the molecule is CNC(=O)c1ccc(-c2nc3cc(C)ccn3c2CC2CN(C(=O)OC(C)(C)C)CCO2)c(C)c1. The Morgan fingerprint density at radius 2 is 1.97 bits per heavy atom. The number of rotatable bonds is 4. The number of nitrogens with zero attached hydrogens (tertiary/aromatic N) is 3. The third-order valence-corrected chi connectivity index (χ3v) is 6.06. The van der Waals surface area contributed by atoms with E-state index in [9.17, 15) is 9.59 Å². The fraction of sp³-hybridized carbons (Fsp3) is 0.444. The number of benzene rings is 1. The minimum Gasteiger partial charge on any atom is -0.444 e. The van der Waals surface area contributed by atoms with Crippen molar-refractivity contribution in [2.45, 2.75) is 52.7 Å². The molecular weight excluding hydrogens is 444 g/mol. The summed E-state index contributed by atoms with van der Waals surface area (Å²) in [6.45, 7) is 11.0. The van der Waals surface area contributed by atoms with Gasteiger partial charge in [-0.1, -0.05) is 6.07 Å². The molecule has 1 unspecified atom stereocenters. The number of fused-ring (bicyclic) bond motifs is 1. The normalized spacial score (nSPS) is 16.4. The van der Waals surface area contributed by atoms with Gasteiger partial charge in [-0.2, -0.15) is 0 Å². The van der Waals surface area contributed by atoms with Crippen molar-refractivity contribution in [2.24, 2.45) is 0 Å². The van der Waals surface area contributed by atoms with Crippen molar-refractivity contribution in [3.63, 3.8) is 0 Å². The lowest BCUT2D eigenvalue weighted by Gasteiger charge is -2.34. The van der Waals surface area contributed by atoms with Gasteiger partial charge in [-0.3, -0.25) is 4.79 Å². The molecule has 1 aliphatic heterocycles. The van der Waals surface area contributed by atoms with Crippen LogP contribution in [0, 0.1) is 13.8 Å². The van der Waals surface area contributed by atoms with Gasteiger partial charge in [0.15, 0.2) is 0 Å². The maximum Gasteiger partial charge on any atom is 0.410 e. The van der Waals surface area contributed by atoms with Crippen molar-refractivity contribution in [3.8, 4) is 11.3 Å². The lowest BCUT2D eigenvalue weighted by atomic mass is 9.99. The molecule has 0 bridgehead atoms. The van der Waals surface area contributed by atoms with Gasteiger partial charge in [0.25, 0.3) is 5.91 Å². The number of imidazole rings is 1. The highest BCUT2D eigenvalue weighted by Crippen LogP contribution is 2.30. The Balaban J connectivity index is 1.68. The van der Waals surface area contributed by atoms with Crippen molar-refractivity contribution in [1.82, 2.24) is 19.6 Å². The summed E-state index contributed by atoms with van der Waals surface area (Å²) in [4.78, 5) is 31.4. The third-order valence-electron chi connectivity index (χ3n) is 6.06. The molecule has 1 atom stereocenters. The Morgan fingerprint density at radius 1 is 1.20 bits per heavy atom. The Hall–Kier alpha value is -3.39. The topological polar surface area (TPSA) is 85.2 Å². The number of ether oxygens (including phenoxy) is 2. The van der Waals surface area contributed by atoms with Crippen LogP contribution in [0.15, 0.2) is 36.5 Å². The maximum absolute atomic E-state index is 12.7. The number of aromatic nitrogens is 2. The minimum absolute atomic E-state index is 0.122. The third kappa shape index (κ3) is 5.48. The van der Waals surface area contributed by atoms with Crippen molar-refractivity contribution in [1.29, 1.82) is 0 Å². The van der Waals surface area contributed by atoms with Crippen molar-refractivity contribution >= 4 is 17.6 Å². The first-order valence-corrected chi connectivity index (χ1v) is 12.0. The van der Waals surface area contributed by atoms with E-state index in [-0.39, 0.29) is 18.1 Å². The summed E-state index contributed by atoms with van der Waals surface area (Å²) in [6, 6.07) is 9.76. The van der Waals surface area contributed by atoms with Gasteiger partial charge < -0.3 is 24.1 Å². The molecule has 0 saturated carbocycles. The fourth-order valence-corrected chi connectivity index (χ4v) is 4.37. The van der Waals surface area contributed by atoms with Crippen LogP contribution in [0.2, 0.25) is 0 Å². The molecule has 8 heteroatoms. The Labute approximate surface area is 206 Å². The first kappa shape index (κ1) is 24.7. The Kier molecular flexibility index (Phi) is 6.85. The van der Waals surface area contributed by atoms with Gasteiger partial charge >= 0.3 is 6.09 Å². The van der Waals surface area contributed by atoms with Crippen LogP contribution >= 0.6 is 0 Å². The van der Waals surface area contributed by atoms with E-state index >= 15 is 0 Å². The van der Waals surface area contributed by atoms with Crippen LogP contribution in [0.3, 0.4) is 0 Å². The molecule has 0 aliphatic carbocycles. The van der Waals surface area contributed by atoms with E-state index in [0.29, 0.717) is 31.7 Å². The van der Waals surface area contributed by atoms with E-state index in [0.717, 1.165) is 33.7 Å². The summed E-state index contributed by atoms with van der Waals surface area (Å²) >= 11 is 0. The molecule has 35 heavy (non-hydrogen) atoms. The summed E-state index contributed by atoms with van der Waals surface area (Å²) in [5.74, 6) is -0.122. The van der Waals surface area contributed by atoms with Crippen LogP contribution in [0.1, 0.15) is 48.0 Å². The number of hydrogen-bond acceptors (Lipinski definition) is 5. The van der Waals surface area contributed by atoms with Gasteiger partial charge in [-0.25, -0.2) is 9.78 Å². The Morgan fingerprint density at radius 3 is 2.66 bits per heavy atom. The second-order valence-corrected chi connectivity index (χ2v) is 10.1. The van der Waals surface area contributed by atoms with Crippen LogP contribution < -0.4 is 5.32 Å². The zero-order valence-corrected chi connectivity index (χ0v) is 21.3. The van der Waals surface area contributed by atoms with E-state index in [2.05, 4.69) is 21.9 Å². The van der Waals surface area contributed by atoms with Gasteiger partial charge in [0.2, 0.25) is 0 Å². The number of amides is 2. The summed E-state index contributed by atoms with van der Waals surface area (Å²) in [6.07, 6.45) is 2.09. The van der Waals surface area contributed by atoms with Gasteiger partial charge in [0, 0.05) is 37.3 Å². The predicted molar refractivity (Wildman–Crippen MR) is 135 cm³/mol. The molecule has 3 heterocycles. The van der Waals surface area contributed by atoms with Crippen LogP contribution in [0.5, 0.6) is 0 Å². The number of nitrogens with one attached hydrogen (secondary N) is 1. The average Bonchev–Trinajstić information content (AvgIpc) is 3.14. The molecule has 2 amide bonds. The summed E-state index contributed by atoms with van der Waals surface area (Å²) < 4.78 is 13.7. The smallest absolute Gasteiger partial charge is 0.410 e. The Bertz CT molecular complexity index is 1260. The van der Waals surface area contributed by atoms with E-state index in [1.54, 1.807) is 11.9 Å². The molecule has 8 nitrogen and oxygen atoms in total. The monoisotopic (exact) mass is 478 g/mol. The highest BCUT2D eigenvalue weighted by Gasteiger charge is 2.30. The number of pyridine rings is 1. The molecular formula is C27H34N4O4. The van der Waals surface area contributed by atoms with Gasteiger partial charge in [-0.15, -0.1) is 0 Å². The van der Waals surface area contributed by atoms with Gasteiger partial charge in [0.05, 0.1) is 30.6 Å². The summed E-state index contributed by atoms with van der Waals surface area (Å²) in [7, 11) is 1.62. The molecule has 4 rings (SSSR count). The number of carbonyl (C=O) groups excluding carboxylic acids is 2. The lowest BCUT2D eigenvalue weighted by molar-refractivity contribution is -0.0418. The molecule has 1 aromatic carbocycles. The predicted octanol–water partition coefficient (Wildman–Crippen LogP) is 4.16. The van der Waals surface area contributed by atoms with E-state index in [4.69, 9.17) is 14.5 Å². The first-order valence-electron chi connectivity index (χ1n) is 12.0. The van der Waals surface area contributed by atoms with Crippen molar-refractivity contribution in [2.75, 3.05) is 26.7 Å². The van der Waals surface area contributed by atoms with Crippen molar-refractivity contribution < 1.29 is 19.1 Å². The zero-order chi connectivity index (χ0) is 25.3. The number of hydrogen-bond donors (Lipinski definition) is 1. The molecule has 1 N–H and O–H groups in total. The lowest BCUT2D eigenvalue weighted by Crippen LogP contribution is -2.48. The van der Waals surface area contributed by atoms with E-state index in [1.165, 1.54) is 0 Å². The average molecular weight is 479 g/mol.